The van der Waals surface area contributed by atoms with Gasteiger partial charge >= 0.3 is 5.97 Å². The summed E-state index contributed by atoms with van der Waals surface area (Å²) >= 11 is 0. The van der Waals surface area contributed by atoms with Crippen molar-refractivity contribution in [1.29, 1.82) is 0 Å². The molecule has 2 aromatic carbocycles. The summed E-state index contributed by atoms with van der Waals surface area (Å²) in [5.41, 5.74) is 5.54. The molecule has 1 fully saturated rings. The Balaban J connectivity index is 2.05. The van der Waals surface area contributed by atoms with Crippen molar-refractivity contribution in [2.45, 2.75) is 38.5 Å². The summed E-state index contributed by atoms with van der Waals surface area (Å²) in [5, 5.41) is 18.8. The number of carboxylic acids is 1. The van der Waals surface area contributed by atoms with Crippen LogP contribution in [-0.4, -0.2) is 16.2 Å². The van der Waals surface area contributed by atoms with Gasteiger partial charge in [-0.3, -0.25) is 0 Å². The minimum Gasteiger partial charge on any atom is -0.508 e. The fourth-order valence-corrected chi connectivity index (χ4v) is 3.57. The number of hydrogen-bond donors (Lipinski definition) is 2. The quantitative estimate of drug-likeness (QED) is 0.555. The molecule has 0 bridgehead atoms. The zero-order valence-corrected chi connectivity index (χ0v) is 14.9. The summed E-state index contributed by atoms with van der Waals surface area (Å²) in [6.45, 7) is 3.63. The van der Waals surface area contributed by atoms with Crippen LogP contribution >= 0.6 is 0 Å². The molecule has 1 aliphatic rings. The molecule has 0 unspecified atom stereocenters. The van der Waals surface area contributed by atoms with Crippen LogP contribution in [0.1, 0.15) is 55.2 Å². The first-order chi connectivity index (χ1) is 12.6. The molecule has 134 valence electrons. The smallest absolute Gasteiger partial charge is 0.335 e. The first kappa shape index (κ1) is 18.0. The van der Waals surface area contributed by atoms with Crippen LogP contribution in [0.15, 0.2) is 60.7 Å². The topological polar surface area (TPSA) is 57.5 Å². The minimum atomic E-state index is -1.00. The molecule has 0 amide bonds. The van der Waals surface area contributed by atoms with Crippen molar-refractivity contribution < 1.29 is 15.0 Å². The fourth-order valence-electron chi connectivity index (χ4n) is 3.57. The zero-order valence-electron chi connectivity index (χ0n) is 14.9. The first-order valence-corrected chi connectivity index (χ1v) is 9.10. The zero-order chi connectivity index (χ0) is 18.5. The Morgan fingerprint density at radius 2 is 1.23 bits per heavy atom. The molecule has 0 radical (unpaired) electrons. The summed E-state index contributed by atoms with van der Waals surface area (Å²) in [5.74, 6) is -0.745. The lowest BCUT2D eigenvalue weighted by atomic mass is 9.89. The van der Waals surface area contributed by atoms with Crippen LogP contribution in [0.2, 0.25) is 0 Å². The average molecular weight is 348 g/mol. The van der Waals surface area contributed by atoms with Crippen molar-refractivity contribution in [3.8, 4) is 5.75 Å². The van der Waals surface area contributed by atoms with Crippen LogP contribution in [0.5, 0.6) is 5.75 Å². The van der Waals surface area contributed by atoms with E-state index in [9.17, 15) is 9.90 Å². The number of hydrogen-bond acceptors (Lipinski definition) is 2. The number of phenolic OH excluding ortho intramolecular Hbond substituents is 1. The summed E-state index contributed by atoms with van der Waals surface area (Å²) in [4.78, 5) is 11.1. The van der Waals surface area contributed by atoms with E-state index in [1.165, 1.54) is 36.8 Å². The number of phenols is 1. The number of aromatic hydroxyl groups is 1. The van der Waals surface area contributed by atoms with Crippen LogP contribution in [0.3, 0.4) is 0 Å². The van der Waals surface area contributed by atoms with Gasteiger partial charge < -0.3 is 10.2 Å². The van der Waals surface area contributed by atoms with Crippen molar-refractivity contribution in [3.63, 3.8) is 0 Å². The molecule has 0 aromatic heterocycles. The Bertz CT molecular complexity index is 817. The van der Waals surface area contributed by atoms with Crippen LogP contribution in [0, 0.1) is 0 Å². The lowest BCUT2D eigenvalue weighted by molar-refractivity contribution is -0.130. The number of rotatable bonds is 4. The lowest BCUT2D eigenvalue weighted by Gasteiger charge is -2.16. The lowest BCUT2D eigenvalue weighted by Crippen LogP contribution is -1.99. The maximum Gasteiger partial charge on any atom is 0.335 e. The van der Waals surface area contributed by atoms with E-state index in [2.05, 4.69) is 6.58 Å². The second-order valence-corrected chi connectivity index (χ2v) is 6.80. The van der Waals surface area contributed by atoms with Gasteiger partial charge in [0.2, 0.25) is 0 Å². The molecule has 0 atom stereocenters. The van der Waals surface area contributed by atoms with Gasteiger partial charge in [0.05, 0.1) is 5.57 Å². The Labute approximate surface area is 154 Å². The molecule has 26 heavy (non-hydrogen) atoms. The summed E-state index contributed by atoms with van der Waals surface area (Å²) in [6.07, 6.45) is 7.10. The summed E-state index contributed by atoms with van der Waals surface area (Å²) < 4.78 is 0. The van der Waals surface area contributed by atoms with Crippen molar-refractivity contribution in [2.75, 3.05) is 0 Å². The standard InChI is InChI=1S/C23H24O3/c1-16(23(25)26)17-8-10-19(11-9-17)22(18-6-4-2-3-5-7-18)20-12-14-21(24)15-13-20/h8-15,24H,1-7H2,(H,25,26). The van der Waals surface area contributed by atoms with Gasteiger partial charge in [0.25, 0.3) is 0 Å². The SMILES string of the molecule is C=C(C(=O)O)c1ccc(C(=C2CCCCCC2)c2ccc(O)cc2)cc1. The molecule has 3 heteroatoms. The van der Waals surface area contributed by atoms with Gasteiger partial charge in [-0.05, 0) is 60.1 Å². The van der Waals surface area contributed by atoms with E-state index >= 15 is 0 Å². The molecule has 0 spiro atoms. The third kappa shape index (κ3) is 4.05. The van der Waals surface area contributed by atoms with Gasteiger partial charge in [0.1, 0.15) is 5.75 Å². The van der Waals surface area contributed by atoms with Crippen LogP contribution in [0.25, 0.3) is 11.1 Å². The largest absolute Gasteiger partial charge is 0.508 e. The Hall–Kier alpha value is -2.81. The number of benzene rings is 2. The van der Waals surface area contributed by atoms with E-state index in [0.717, 1.165) is 24.0 Å². The minimum absolute atomic E-state index is 0.102. The Morgan fingerprint density at radius 3 is 1.73 bits per heavy atom. The monoisotopic (exact) mass is 348 g/mol. The van der Waals surface area contributed by atoms with Crippen molar-refractivity contribution in [2.24, 2.45) is 0 Å². The maximum atomic E-state index is 11.1. The third-order valence-electron chi connectivity index (χ3n) is 5.00. The molecule has 3 nitrogen and oxygen atoms in total. The molecule has 1 aliphatic carbocycles. The predicted molar refractivity (Wildman–Crippen MR) is 105 cm³/mol. The molecule has 0 heterocycles. The molecule has 3 rings (SSSR count). The first-order valence-electron chi connectivity index (χ1n) is 9.10. The molecular weight excluding hydrogens is 324 g/mol. The van der Waals surface area contributed by atoms with Crippen LogP contribution in [0.4, 0.5) is 0 Å². The summed E-state index contributed by atoms with van der Waals surface area (Å²) in [6, 6.07) is 14.9. The molecule has 1 saturated carbocycles. The predicted octanol–water partition coefficient (Wildman–Crippen LogP) is 5.65. The van der Waals surface area contributed by atoms with E-state index in [1.54, 1.807) is 12.1 Å². The molecule has 2 N–H and O–H groups in total. The molecular formula is C23H24O3. The van der Waals surface area contributed by atoms with E-state index in [0.29, 0.717) is 5.56 Å². The average Bonchev–Trinajstić information content (AvgIpc) is 2.93. The number of allylic oxidation sites excluding steroid dienone is 1. The van der Waals surface area contributed by atoms with Gasteiger partial charge in [-0.2, -0.15) is 0 Å². The normalized spacial score (nSPS) is 14.5. The third-order valence-corrected chi connectivity index (χ3v) is 5.00. The van der Waals surface area contributed by atoms with E-state index in [-0.39, 0.29) is 11.3 Å². The van der Waals surface area contributed by atoms with E-state index in [1.807, 2.05) is 36.4 Å². The van der Waals surface area contributed by atoms with E-state index < -0.39 is 5.97 Å². The highest BCUT2D eigenvalue weighted by atomic mass is 16.4. The Morgan fingerprint density at radius 1 is 0.769 bits per heavy atom. The highest BCUT2D eigenvalue weighted by Crippen LogP contribution is 2.35. The number of carbonyl (C=O) groups is 1. The van der Waals surface area contributed by atoms with Crippen molar-refractivity contribution in [3.05, 3.63) is 77.4 Å². The molecule has 2 aromatic rings. The summed E-state index contributed by atoms with van der Waals surface area (Å²) in [7, 11) is 0. The van der Waals surface area contributed by atoms with Crippen molar-refractivity contribution in [1.82, 2.24) is 0 Å². The molecule has 0 aliphatic heterocycles. The van der Waals surface area contributed by atoms with Crippen molar-refractivity contribution >= 4 is 17.1 Å². The maximum absolute atomic E-state index is 11.1. The van der Waals surface area contributed by atoms with Crippen LogP contribution in [-0.2, 0) is 4.79 Å². The Kier molecular flexibility index (Phi) is 5.57. The highest BCUT2D eigenvalue weighted by molar-refractivity contribution is 6.14. The van der Waals surface area contributed by atoms with Gasteiger partial charge in [-0.25, -0.2) is 4.79 Å². The van der Waals surface area contributed by atoms with Gasteiger partial charge in [0.15, 0.2) is 0 Å². The van der Waals surface area contributed by atoms with Gasteiger partial charge in [-0.15, -0.1) is 0 Å². The van der Waals surface area contributed by atoms with Gasteiger partial charge in [0, 0.05) is 0 Å². The second-order valence-electron chi connectivity index (χ2n) is 6.80. The molecule has 0 saturated heterocycles. The van der Waals surface area contributed by atoms with Gasteiger partial charge in [-0.1, -0.05) is 61.4 Å². The number of aliphatic carboxylic acids is 1. The second kappa shape index (κ2) is 8.05. The highest BCUT2D eigenvalue weighted by Gasteiger charge is 2.15. The van der Waals surface area contributed by atoms with E-state index in [4.69, 9.17) is 5.11 Å². The number of carboxylic acid groups (broad SMARTS) is 1. The fraction of sp³-hybridized carbons (Fsp3) is 0.261. The van der Waals surface area contributed by atoms with Crippen LogP contribution < -0.4 is 0 Å².